The summed E-state index contributed by atoms with van der Waals surface area (Å²) >= 11 is 0. The van der Waals surface area contributed by atoms with Gasteiger partial charge in [-0.25, -0.2) is 0 Å². The van der Waals surface area contributed by atoms with E-state index in [2.05, 4.69) is 38.7 Å². The summed E-state index contributed by atoms with van der Waals surface area (Å²) in [5.74, 6) is 1.00. The highest BCUT2D eigenvalue weighted by molar-refractivity contribution is 5.34. The van der Waals surface area contributed by atoms with Crippen molar-refractivity contribution in [2.75, 3.05) is 13.2 Å². The van der Waals surface area contributed by atoms with Crippen LogP contribution in [-0.4, -0.2) is 18.7 Å². The van der Waals surface area contributed by atoms with Crippen molar-refractivity contribution < 1.29 is 4.74 Å². The van der Waals surface area contributed by atoms with Crippen LogP contribution in [-0.2, 0) is 6.42 Å². The molecule has 0 spiro atoms. The summed E-state index contributed by atoms with van der Waals surface area (Å²) < 4.78 is 5.87. The van der Waals surface area contributed by atoms with Crippen LogP contribution in [0.5, 0.6) is 5.75 Å². The van der Waals surface area contributed by atoms with Crippen LogP contribution in [0, 0.1) is 0 Å². The predicted molar refractivity (Wildman–Crippen MR) is 87.4 cm³/mol. The fraction of sp³-hybridized carbons (Fsp3) is 0.556. The zero-order chi connectivity index (χ0) is 14.8. The maximum absolute atomic E-state index is 5.87. The minimum Gasteiger partial charge on any atom is -0.493 e. The normalized spacial score (nSPS) is 11.3. The summed E-state index contributed by atoms with van der Waals surface area (Å²) in [4.78, 5) is 0. The molecule has 20 heavy (non-hydrogen) atoms. The molecule has 0 aromatic heterocycles. The highest BCUT2D eigenvalue weighted by atomic mass is 16.5. The minimum atomic E-state index is 0.222. The van der Waals surface area contributed by atoms with Gasteiger partial charge >= 0.3 is 0 Å². The van der Waals surface area contributed by atoms with Crippen LogP contribution in [0.2, 0.25) is 0 Å². The van der Waals surface area contributed by atoms with Crippen molar-refractivity contribution in [3.05, 3.63) is 42.5 Å². The number of para-hydroxylation sites is 1. The van der Waals surface area contributed by atoms with E-state index in [4.69, 9.17) is 4.74 Å². The minimum absolute atomic E-state index is 0.222. The van der Waals surface area contributed by atoms with E-state index in [-0.39, 0.29) is 5.54 Å². The lowest BCUT2D eigenvalue weighted by atomic mass is 10.1. The molecule has 0 aliphatic carbocycles. The highest BCUT2D eigenvalue weighted by Crippen LogP contribution is 2.19. The molecule has 0 aliphatic rings. The van der Waals surface area contributed by atoms with Gasteiger partial charge in [-0.15, -0.1) is 6.58 Å². The molecule has 0 saturated carbocycles. The van der Waals surface area contributed by atoms with Gasteiger partial charge in [-0.2, -0.15) is 0 Å². The monoisotopic (exact) mass is 275 g/mol. The molecule has 2 nitrogen and oxygen atoms in total. The first-order chi connectivity index (χ1) is 9.53. The Bertz CT molecular complexity index is 393. The van der Waals surface area contributed by atoms with Crippen molar-refractivity contribution in [1.29, 1.82) is 0 Å². The smallest absolute Gasteiger partial charge is 0.122 e. The maximum Gasteiger partial charge on any atom is 0.122 e. The van der Waals surface area contributed by atoms with Crippen molar-refractivity contribution in [3.63, 3.8) is 0 Å². The average Bonchev–Trinajstić information content (AvgIpc) is 2.38. The molecule has 1 aromatic carbocycles. The molecular weight excluding hydrogens is 246 g/mol. The number of allylic oxidation sites excluding steroid dienone is 1. The number of hydrogen-bond acceptors (Lipinski definition) is 2. The summed E-state index contributed by atoms with van der Waals surface area (Å²) in [6.07, 6.45) is 6.29. The van der Waals surface area contributed by atoms with E-state index in [0.29, 0.717) is 0 Å². The van der Waals surface area contributed by atoms with Gasteiger partial charge < -0.3 is 10.1 Å². The first-order valence-corrected chi connectivity index (χ1v) is 7.59. The number of rotatable bonds is 9. The third-order valence-electron chi connectivity index (χ3n) is 3.07. The molecule has 0 amide bonds. The van der Waals surface area contributed by atoms with Crippen molar-refractivity contribution in [2.45, 2.75) is 52.0 Å². The van der Waals surface area contributed by atoms with Crippen LogP contribution < -0.4 is 10.1 Å². The Morgan fingerprint density at radius 1 is 1.15 bits per heavy atom. The molecule has 1 N–H and O–H groups in total. The SMILES string of the molecule is C=CCc1ccccc1OCCCCCNC(C)(C)C. The van der Waals surface area contributed by atoms with Crippen LogP contribution in [0.4, 0.5) is 0 Å². The van der Waals surface area contributed by atoms with Crippen molar-refractivity contribution >= 4 is 0 Å². The number of ether oxygens (including phenoxy) is 1. The largest absolute Gasteiger partial charge is 0.493 e. The first-order valence-electron chi connectivity index (χ1n) is 7.59. The Morgan fingerprint density at radius 2 is 1.90 bits per heavy atom. The molecule has 2 heteroatoms. The first kappa shape index (κ1) is 16.8. The molecule has 0 fully saturated rings. The van der Waals surface area contributed by atoms with Crippen molar-refractivity contribution in [1.82, 2.24) is 5.32 Å². The zero-order valence-corrected chi connectivity index (χ0v) is 13.2. The van der Waals surface area contributed by atoms with E-state index >= 15 is 0 Å². The number of benzene rings is 1. The Labute approximate surface area is 124 Å². The van der Waals surface area contributed by atoms with E-state index in [1.807, 2.05) is 24.3 Å². The Hall–Kier alpha value is -1.28. The molecule has 112 valence electrons. The molecule has 1 aromatic rings. The van der Waals surface area contributed by atoms with Gasteiger partial charge in [-0.05, 0) is 64.6 Å². The predicted octanol–water partition coefficient (Wildman–Crippen LogP) is 4.35. The van der Waals surface area contributed by atoms with Gasteiger partial charge in [-0.3, -0.25) is 0 Å². The third kappa shape index (κ3) is 7.34. The molecule has 0 atom stereocenters. The summed E-state index contributed by atoms with van der Waals surface area (Å²) in [6.45, 7) is 12.3. The van der Waals surface area contributed by atoms with Crippen molar-refractivity contribution in [2.24, 2.45) is 0 Å². The zero-order valence-electron chi connectivity index (χ0n) is 13.2. The molecule has 0 heterocycles. The second-order valence-electron chi connectivity index (χ2n) is 6.19. The van der Waals surface area contributed by atoms with Gasteiger partial charge in [0.15, 0.2) is 0 Å². The highest BCUT2D eigenvalue weighted by Gasteiger charge is 2.07. The molecule has 0 aliphatic heterocycles. The van der Waals surface area contributed by atoms with Gasteiger partial charge in [0, 0.05) is 5.54 Å². The van der Waals surface area contributed by atoms with Crippen LogP contribution in [0.15, 0.2) is 36.9 Å². The van der Waals surface area contributed by atoms with E-state index in [9.17, 15) is 0 Å². The second kappa shape index (κ2) is 8.80. The van der Waals surface area contributed by atoms with E-state index in [0.717, 1.165) is 31.7 Å². The van der Waals surface area contributed by atoms with Gasteiger partial charge in [-0.1, -0.05) is 24.3 Å². The summed E-state index contributed by atoms with van der Waals surface area (Å²) in [7, 11) is 0. The van der Waals surface area contributed by atoms with Crippen LogP contribution in [0.25, 0.3) is 0 Å². The standard InChI is InChI=1S/C18H29NO/c1-5-11-16-12-7-8-13-17(16)20-15-10-6-9-14-19-18(2,3)4/h5,7-8,12-13,19H,1,6,9-11,14-15H2,2-4H3. The molecular formula is C18H29NO. The number of unbranched alkanes of at least 4 members (excludes halogenated alkanes) is 2. The molecule has 0 bridgehead atoms. The summed E-state index contributed by atoms with van der Waals surface area (Å²) in [6, 6.07) is 8.21. The lowest BCUT2D eigenvalue weighted by Crippen LogP contribution is -2.36. The van der Waals surface area contributed by atoms with Crippen LogP contribution in [0.3, 0.4) is 0 Å². The van der Waals surface area contributed by atoms with E-state index in [1.54, 1.807) is 0 Å². The Kier molecular flexibility index (Phi) is 7.38. The molecule has 1 rings (SSSR count). The fourth-order valence-electron chi connectivity index (χ4n) is 2.02. The number of hydrogen-bond donors (Lipinski definition) is 1. The number of nitrogens with one attached hydrogen (secondary N) is 1. The summed E-state index contributed by atoms with van der Waals surface area (Å²) in [5, 5.41) is 3.50. The summed E-state index contributed by atoms with van der Waals surface area (Å²) in [5.41, 5.74) is 1.44. The maximum atomic E-state index is 5.87. The van der Waals surface area contributed by atoms with Gasteiger partial charge in [0.05, 0.1) is 6.61 Å². The van der Waals surface area contributed by atoms with Crippen LogP contribution in [0.1, 0.15) is 45.6 Å². The van der Waals surface area contributed by atoms with Crippen molar-refractivity contribution in [3.8, 4) is 5.75 Å². The average molecular weight is 275 g/mol. The quantitative estimate of drug-likeness (QED) is 0.534. The van der Waals surface area contributed by atoms with Gasteiger partial charge in [0.2, 0.25) is 0 Å². The second-order valence-corrected chi connectivity index (χ2v) is 6.19. The molecule has 0 radical (unpaired) electrons. The Morgan fingerprint density at radius 3 is 2.60 bits per heavy atom. The third-order valence-corrected chi connectivity index (χ3v) is 3.07. The van der Waals surface area contributed by atoms with Gasteiger partial charge in [0.1, 0.15) is 5.75 Å². The van der Waals surface area contributed by atoms with Gasteiger partial charge in [0.25, 0.3) is 0 Å². The fourth-order valence-corrected chi connectivity index (χ4v) is 2.02. The molecule has 0 unspecified atom stereocenters. The van der Waals surface area contributed by atoms with E-state index in [1.165, 1.54) is 18.4 Å². The Balaban J connectivity index is 2.17. The van der Waals surface area contributed by atoms with E-state index < -0.39 is 0 Å². The topological polar surface area (TPSA) is 21.3 Å². The lowest BCUT2D eigenvalue weighted by molar-refractivity contribution is 0.301. The molecule has 0 saturated heterocycles. The lowest BCUT2D eigenvalue weighted by Gasteiger charge is -2.20. The van der Waals surface area contributed by atoms with Crippen LogP contribution >= 0.6 is 0 Å².